The maximum Gasteiger partial charge on any atom is 0.127 e. The van der Waals surface area contributed by atoms with E-state index in [2.05, 4.69) is 10.3 Å². The van der Waals surface area contributed by atoms with Crippen LogP contribution in [0.15, 0.2) is 36.5 Å². The van der Waals surface area contributed by atoms with Crippen molar-refractivity contribution in [2.45, 2.75) is 25.4 Å². The summed E-state index contributed by atoms with van der Waals surface area (Å²) in [6.45, 7) is 0.616. The van der Waals surface area contributed by atoms with Crippen LogP contribution in [-0.2, 0) is 6.54 Å². The summed E-state index contributed by atoms with van der Waals surface area (Å²) in [5.41, 5.74) is 2.80. The highest BCUT2D eigenvalue weighted by Crippen LogP contribution is 2.23. The fourth-order valence-corrected chi connectivity index (χ4v) is 1.93. The third-order valence-corrected chi connectivity index (χ3v) is 3.11. The Labute approximate surface area is 99.9 Å². The second-order valence-corrected chi connectivity index (χ2v) is 4.55. The number of H-pyrrole nitrogens is 1. The van der Waals surface area contributed by atoms with E-state index in [1.54, 1.807) is 6.07 Å². The van der Waals surface area contributed by atoms with E-state index >= 15 is 0 Å². The lowest BCUT2D eigenvalue weighted by molar-refractivity contribution is 0.587. The monoisotopic (exact) mass is 230 g/mol. The molecule has 0 bridgehead atoms. The van der Waals surface area contributed by atoms with Crippen molar-refractivity contribution in [3.8, 4) is 11.3 Å². The minimum absolute atomic E-state index is 0.131. The van der Waals surface area contributed by atoms with Gasteiger partial charge in [0, 0.05) is 30.0 Å². The average Bonchev–Trinajstić information content (AvgIpc) is 3.00. The van der Waals surface area contributed by atoms with E-state index in [4.69, 9.17) is 0 Å². The van der Waals surface area contributed by atoms with Gasteiger partial charge in [-0.2, -0.15) is 0 Å². The number of hydrogen-bond acceptors (Lipinski definition) is 1. The van der Waals surface area contributed by atoms with Gasteiger partial charge in [0.05, 0.1) is 0 Å². The van der Waals surface area contributed by atoms with Gasteiger partial charge in [-0.1, -0.05) is 0 Å². The van der Waals surface area contributed by atoms with Crippen molar-refractivity contribution in [2.75, 3.05) is 0 Å². The summed E-state index contributed by atoms with van der Waals surface area (Å²) in [6.07, 6.45) is 4.32. The molecule has 0 unspecified atom stereocenters. The number of hydrogen-bond donors (Lipinski definition) is 2. The lowest BCUT2D eigenvalue weighted by Crippen LogP contribution is -2.16. The minimum atomic E-state index is -0.131. The molecule has 0 amide bonds. The molecule has 3 rings (SSSR count). The van der Waals surface area contributed by atoms with Gasteiger partial charge < -0.3 is 10.3 Å². The van der Waals surface area contributed by atoms with Crippen LogP contribution >= 0.6 is 0 Å². The van der Waals surface area contributed by atoms with Crippen LogP contribution in [0.3, 0.4) is 0 Å². The fourth-order valence-electron chi connectivity index (χ4n) is 1.93. The van der Waals surface area contributed by atoms with Crippen LogP contribution in [0.5, 0.6) is 0 Å². The van der Waals surface area contributed by atoms with Crippen molar-refractivity contribution in [1.29, 1.82) is 0 Å². The van der Waals surface area contributed by atoms with Crippen LogP contribution in [0.2, 0.25) is 0 Å². The molecule has 1 saturated carbocycles. The van der Waals surface area contributed by atoms with Gasteiger partial charge in [0.15, 0.2) is 0 Å². The standard InChI is InChI=1S/C14H15FN2/c15-13-6-3-10(14-2-1-7-16-14)8-11(13)9-17-12-4-5-12/h1-3,6-8,12,16-17H,4-5,9H2. The van der Waals surface area contributed by atoms with Gasteiger partial charge in [-0.25, -0.2) is 4.39 Å². The normalized spacial score (nSPS) is 15.1. The van der Waals surface area contributed by atoms with E-state index in [9.17, 15) is 4.39 Å². The SMILES string of the molecule is Fc1ccc(-c2ccc[nH]2)cc1CNC1CC1. The van der Waals surface area contributed by atoms with Crippen LogP contribution in [-0.4, -0.2) is 11.0 Å². The maximum absolute atomic E-state index is 13.6. The Morgan fingerprint density at radius 2 is 2.18 bits per heavy atom. The highest BCUT2D eigenvalue weighted by molar-refractivity contribution is 5.60. The molecule has 17 heavy (non-hydrogen) atoms. The molecular weight excluding hydrogens is 215 g/mol. The number of rotatable bonds is 4. The van der Waals surface area contributed by atoms with Crippen molar-refractivity contribution >= 4 is 0 Å². The zero-order valence-electron chi connectivity index (χ0n) is 9.54. The van der Waals surface area contributed by atoms with Gasteiger partial charge in [0.2, 0.25) is 0 Å². The first-order valence-electron chi connectivity index (χ1n) is 5.98. The lowest BCUT2D eigenvalue weighted by Gasteiger charge is -2.07. The molecule has 1 fully saturated rings. The van der Waals surface area contributed by atoms with E-state index < -0.39 is 0 Å². The summed E-state index contributed by atoms with van der Waals surface area (Å²) in [7, 11) is 0. The zero-order valence-corrected chi connectivity index (χ0v) is 9.54. The Balaban J connectivity index is 1.83. The van der Waals surface area contributed by atoms with Gasteiger partial charge in [-0.05, 0) is 48.7 Å². The molecule has 88 valence electrons. The van der Waals surface area contributed by atoms with E-state index in [0.717, 1.165) is 16.8 Å². The van der Waals surface area contributed by atoms with Crippen molar-refractivity contribution in [2.24, 2.45) is 0 Å². The van der Waals surface area contributed by atoms with Gasteiger partial charge >= 0.3 is 0 Å². The summed E-state index contributed by atoms with van der Waals surface area (Å²) >= 11 is 0. The Kier molecular flexibility index (Phi) is 2.69. The third-order valence-electron chi connectivity index (χ3n) is 3.11. The molecule has 1 heterocycles. The van der Waals surface area contributed by atoms with Crippen molar-refractivity contribution < 1.29 is 4.39 Å². The molecule has 1 aliphatic rings. The minimum Gasteiger partial charge on any atom is -0.361 e. The number of aromatic amines is 1. The molecule has 0 atom stereocenters. The molecule has 1 aromatic carbocycles. The largest absolute Gasteiger partial charge is 0.361 e. The summed E-state index contributed by atoms with van der Waals surface area (Å²) in [5.74, 6) is -0.131. The van der Waals surface area contributed by atoms with Crippen LogP contribution < -0.4 is 5.32 Å². The van der Waals surface area contributed by atoms with Crippen LogP contribution in [0.25, 0.3) is 11.3 Å². The highest BCUT2D eigenvalue weighted by atomic mass is 19.1. The van der Waals surface area contributed by atoms with Gasteiger partial charge in [0.25, 0.3) is 0 Å². The highest BCUT2D eigenvalue weighted by Gasteiger charge is 2.20. The number of benzene rings is 1. The molecular formula is C14H15FN2. The van der Waals surface area contributed by atoms with Crippen LogP contribution in [0.4, 0.5) is 4.39 Å². The van der Waals surface area contributed by atoms with Gasteiger partial charge in [-0.3, -0.25) is 0 Å². The molecule has 0 aliphatic heterocycles. The van der Waals surface area contributed by atoms with Gasteiger partial charge in [0.1, 0.15) is 5.82 Å². The van der Waals surface area contributed by atoms with Crippen molar-refractivity contribution in [3.05, 3.63) is 47.9 Å². The molecule has 0 saturated heterocycles. The summed E-state index contributed by atoms with van der Waals surface area (Å²) in [5, 5.41) is 3.34. The molecule has 3 heteroatoms. The van der Waals surface area contributed by atoms with E-state index in [0.29, 0.717) is 12.6 Å². The fraction of sp³-hybridized carbons (Fsp3) is 0.286. The van der Waals surface area contributed by atoms with E-state index in [1.165, 1.54) is 12.8 Å². The smallest absolute Gasteiger partial charge is 0.127 e. The summed E-state index contributed by atoms with van der Waals surface area (Å²) in [4.78, 5) is 3.13. The number of nitrogens with one attached hydrogen (secondary N) is 2. The Morgan fingerprint density at radius 3 is 2.88 bits per heavy atom. The molecule has 2 nitrogen and oxygen atoms in total. The zero-order chi connectivity index (χ0) is 11.7. The molecule has 2 N–H and O–H groups in total. The number of aromatic nitrogens is 1. The van der Waals surface area contributed by atoms with E-state index in [1.807, 2.05) is 30.5 Å². The first kappa shape index (κ1) is 10.5. The van der Waals surface area contributed by atoms with Gasteiger partial charge in [-0.15, -0.1) is 0 Å². The van der Waals surface area contributed by atoms with E-state index in [-0.39, 0.29) is 5.82 Å². The molecule has 0 spiro atoms. The second kappa shape index (κ2) is 4.34. The quantitative estimate of drug-likeness (QED) is 0.830. The molecule has 2 aromatic rings. The Bertz CT molecular complexity index is 501. The number of halogens is 1. The summed E-state index contributed by atoms with van der Waals surface area (Å²) in [6, 6.07) is 9.80. The molecule has 1 aromatic heterocycles. The first-order valence-corrected chi connectivity index (χ1v) is 5.98. The van der Waals surface area contributed by atoms with Crippen LogP contribution in [0, 0.1) is 5.82 Å². The molecule has 1 aliphatic carbocycles. The predicted octanol–water partition coefficient (Wildman–Crippen LogP) is 3.07. The molecule has 0 radical (unpaired) electrons. The van der Waals surface area contributed by atoms with Crippen molar-refractivity contribution in [3.63, 3.8) is 0 Å². The lowest BCUT2D eigenvalue weighted by atomic mass is 10.1. The van der Waals surface area contributed by atoms with Crippen LogP contribution in [0.1, 0.15) is 18.4 Å². The first-order chi connectivity index (χ1) is 8.33. The maximum atomic E-state index is 13.6. The van der Waals surface area contributed by atoms with Crippen molar-refractivity contribution in [1.82, 2.24) is 10.3 Å². The topological polar surface area (TPSA) is 27.8 Å². The third kappa shape index (κ3) is 2.39. The predicted molar refractivity (Wildman–Crippen MR) is 66.0 cm³/mol. The Hall–Kier alpha value is -1.61. The second-order valence-electron chi connectivity index (χ2n) is 4.55. The Morgan fingerprint density at radius 1 is 1.29 bits per heavy atom. The summed E-state index contributed by atoms with van der Waals surface area (Å²) < 4.78 is 13.6. The average molecular weight is 230 g/mol.